The summed E-state index contributed by atoms with van der Waals surface area (Å²) in [5.74, 6) is -0.652. The van der Waals surface area contributed by atoms with Crippen molar-refractivity contribution in [1.29, 1.82) is 0 Å². The molecule has 144 valence electrons. The first-order valence-electron chi connectivity index (χ1n) is 8.50. The van der Waals surface area contributed by atoms with Gasteiger partial charge in [0.25, 0.3) is 10.0 Å². The van der Waals surface area contributed by atoms with Crippen LogP contribution in [0.15, 0.2) is 41.3 Å². The topological polar surface area (TPSA) is 75.7 Å². The van der Waals surface area contributed by atoms with Crippen molar-refractivity contribution < 1.29 is 22.3 Å². The van der Waals surface area contributed by atoms with Gasteiger partial charge in [-0.3, -0.25) is 9.52 Å². The molecular weight excluding hydrogens is 371 g/mol. The first-order chi connectivity index (χ1) is 12.7. The van der Waals surface area contributed by atoms with E-state index in [0.29, 0.717) is 5.69 Å². The molecule has 2 aromatic carbocycles. The summed E-state index contributed by atoms with van der Waals surface area (Å²) in [7, 11) is -2.69. The Hall–Kier alpha value is -2.61. The number of carbonyl (C=O) groups is 1. The van der Waals surface area contributed by atoms with E-state index in [0.717, 1.165) is 24.5 Å². The lowest BCUT2D eigenvalue weighted by molar-refractivity contribution is -0.116. The minimum atomic E-state index is -4.06. The minimum absolute atomic E-state index is 0.00437. The average Bonchev–Trinajstić information content (AvgIpc) is 3.41. The van der Waals surface area contributed by atoms with E-state index in [-0.39, 0.29) is 28.3 Å². The monoisotopic (exact) mass is 392 g/mol. The van der Waals surface area contributed by atoms with Crippen LogP contribution in [0.2, 0.25) is 0 Å². The molecule has 1 saturated carbocycles. The van der Waals surface area contributed by atoms with Crippen molar-refractivity contribution in [3.63, 3.8) is 0 Å². The fraction of sp³-hybridized carbons (Fsp3) is 0.316. The zero-order valence-corrected chi connectivity index (χ0v) is 16.1. The molecule has 0 unspecified atom stereocenters. The van der Waals surface area contributed by atoms with Gasteiger partial charge in [0.15, 0.2) is 0 Å². The van der Waals surface area contributed by atoms with Gasteiger partial charge < -0.3 is 9.64 Å². The van der Waals surface area contributed by atoms with Gasteiger partial charge in [-0.15, -0.1) is 0 Å². The van der Waals surface area contributed by atoms with Crippen molar-refractivity contribution in [3.8, 4) is 5.75 Å². The number of nitrogens with zero attached hydrogens (tertiary/aromatic N) is 1. The molecule has 1 amide bonds. The summed E-state index contributed by atoms with van der Waals surface area (Å²) in [4.78, 5) is 13.5. The smallest absolute Gasteiger partial charge is 0.265 e. The van der Waals surface area contributed by atoms with Gasteiger partial charge in [0.1, 0.15) is 16.5 Å². The SMILES string of the molecule is COc1ccc(C)cc1S(=O)(=O)Nc1cc(F)ccc1N(C(C)=O)C1CC1. The third-order valence-corrected chi connectivity index (χ3v) is 5.71. The van der Waals surface area contributed by atoms with E-state index in [1.807, 2.05) is 0 Å². The molecule has 0 bridgehead atoms. The van der Waals surface area contributed by atoms with Crippen LogP contribution in [0.25, 0.3) is 0 Å². The van der Waals surface area contributed by atoms with Gasteiger partial charge in [0, 0.05) is 19.0 Å². The highest BCUT2D eigenvalue weighted by Crippen LogP contribution is 2.38. The Balaban J connectivity index is 2.06. The predicted octanol–water partition coefficient (Wildman–Crippen LogP) is 3.46. The van der Waals surface area contributed by atoms with Crippen LogP contribution in [0.4, 0.5) is 15.8 Å². The lowest BCUT2D eigenvalue weighted by Gasteiger charge is -2.24. The number of amides is 1. The Morgan fingerprint density at radius 3 is 2.52 bits per heavy atom. The molecule has 0 heterocycles. The fourth-order valence-electron chi connectivity index (χ4n) is 2.95. The largest absolute Gasteiger partial charge is 0.495 e. The molecule has 0 aromatic heterocycles. The number of anilines is 2. The molecular formula is C19H21FN2O4S. The van der Waals surface area contributed by atoms with Crippen molar-refractivity contribution in [3.05, 3.63) is 47.8 Å². The van der Waals surface area contributed by atoms with Crippen molar-refractivity contribution in [1.82, 2.24) is 0 Å². The summed E-state index contributed by atoms with van der Waals surface area (Å²) < 4.78 is 47.3. The van der Waals surface area contributed by atoms with Crippen LogP contribution in [0, 0.1) is 12.7 Å². The van der Waals surface area contributed by atoms with Crippen molar-refractivity contribution >= 4 is 27.3 Å². The standard InChI is InChI=1S/C19H21FN2O4S/c1-12-4-9-18(26-3)19(10-12)27(24,25)21-16-11-14(20)5-8-17(16)22(13(2)23)15-6-7-15/h4-5,8-11,15,21H,6-7H2,1-3H3. The van der Waals surface area contributed by atoms with Crippen LogP contribution >= 0.6 is 0 Å². The molecule has 1 fully saturated rings. The number of ether oxygens (including phenoxy) is 1. The molecule has 6 nitrogen and oxygen atoms in total. The maximum Gasteiger partial charge on any atom is 0.265 e. The summed E-state index contributed by atoms with van der Waals surface area (Å²) in [6.45, 7) is 3.17. The molecule has 1 N–H and O–H groups in total. The van der Waals surface area contributed by atoms with Gasteiger partial charge in [-0.05, 0) is 49.6 Å². The van der Waals surface area contributed by atoms with E-state index in [2.05, 4.69) is 4.72 Å². The molecule has 2 aromatic rings. The van der Waals surface area contributed by atoms with Gasteiger partial charge in [-0.25, -0.2) is 12.8 Å². The Morgan fingerprint density at radius 2 is 1.93 bits per heavy atom. The number of carbonyl (C=O) groups excluding carboxylic acids is 1. The molecule has 0 spiro atoms. The van der Waals surface area contributed by atoms with Crippen molar-refractivity contribution in [2.75, 3.05) is 16.7 Å². The van der Waals surface area contributed by atoms with Crippen LogP contribution in [0.3, 0.4) is 0 Å². The average molecular weight is 392 g/mol. The number of methoxy groups -OCH3 is 1. The highest BCUT2D eigenvalue weighted by Gasteiger charge is 2.34. The second kappa shape index (κ2) is 7.19. The normalized spacial score (nSPS) is 13.9. The number of halogens is 1. The van der Waals surface area contributed by atoms with Gasteiger partial charge in [-0.1, -0.05) is 6.07 Å². The van der Waals surface area contributed by atoms with Crippen molar-refractivity contribution in [2.45, 2.75) is 37.6 Å². The first kappa shape index (κ1) is 19.2. The summed E-state index contributed by atoms with van der Waals surface area (Å²) in [6.07, 6.45) is 1.66. The molecule has 0 radical (unpaired) electrons. The number of hydrogen-bond acceptors (Lipinski definition) is 4. The maximum absolute atomic E-state index is 13.9. The number of sulfonamides is 1. The fourth-order valence-corrected chi connectivity index (χ4v) is 4.27. The summed E-state index contributed by atoms with van der Waals surface area (Å²) in [6, 6.07) is 8.47. The highest BCUT2D eigenvalue weighted by molar-refractivity contribution is 7.92. The lowest BCUT2D eigenvalue weighted by Crippen LogP contribution is -2.31. The van der Waals surface area contributed by atoms with Crippen LogP contribution in [0.1, 0.15) is 25.3 Å². The van der Waals surface area contributed by atoms with Gasteiger partial charge >= 0.3 is 0 Å². The number of hydrogen-bond donors (Lipinski definition) is 1. The van der Waals surface area contributed by atoms with Crippen LogP contribution in [0.5, 0.6) is 5.75 Å². The van der Waals surface area contributed by atoms with Crippen LogP contribution in [-0.4, -0.2) is 27.5 Å². The van der Waals surface area contributed by atoms with E-state index in [4.69, 9.17) is 4.74 Å². The Kier molecular flexibility index (Phi) is 5.10. The summed E-state index contributed by atoms with van der Waals surface area (Å²) in [5.41, 5.74) is 1.08. The molecule has 1 aliphatic carbocycles. The van der Waals surface area contributed by atoms with E-state index >= 15 is 0 Å². The Morgan fingerprint density at radius 1 is 1.22 bits per heavy atom. The van der Waals surface area contributed by atoms with Gasteiger partial charge in [0.05, 0.1) is 18.5 Å². The third-order valence-electron chi connectivity index (χ3n) is 4.32. The third kappa shape index (κ3) is 4.05. The molecule has 8 heteroatoms. The van der Waals surface area contributed by atoms with Crippen LogP contribution < -0.4 is 14.4 Å². The summed E-state index contributed by atoms with van der Waals surface area (Å²) >= 11 is 0. The molecule has 1 aliphatic rings. The molecule has 0 aliphatic heterocycles. The number of nitrogens with one attached hydrogen (secondary N) is 1. The minimum Gasteiger partial charge on any atom is -0.495 e. The molecule has 0 atom stereocenters. The maximum atomic E-state index is 13.9. The Bertz CT molecular complexity index is 987. The highest BCUT2D eigenvalue weighted by atomic mass is 32.2. The lowest BCUT2D eigenvalue weighted by atomic mass is 10.2. The molecule has 3 rings (SSSR count). The second-order valence-corrected chi connectivity index (χ2v) is 8.19. The van der Waals surface area contributed by atoms with E-state index < -0.39 is 15.8 Å². The van der Waals surface area contributed by atoms with Crippen LogP contribution in [-0.2, 0) is 14.8 Å². The number of aryl methyl sites for hydroxylation is 1. The zero-order chi connectivity index (χ0) is 19.8. The Labute approximate surface area is 158 Å². The summed E-state index contributed by atoms with van der Waals surface area (Å²) in [5, 5.41) is 0. The predicted molar refractivity (Wildman–Crippen MR) is 101 cm³/mol. The quantitative estimate of drug-likeness (QED) is 0.817. The van der Waals surface area contributed by atoms with E-state index in [1.165, 1.54) is 37.1 Å². The zero-order valence-electron chi connectivity index (χ0n) is 15.3. The van der Waals surface area contributed by atoms with Gasteiger partial charge in [-0.2, -0.15) is 0 Å². The number of benzene rings is 2. The number of rotatable bonds is 6. The van der Waals surface area contributed by atoms with Crippen molar-refractivity contribution in [2.24, 2.45) is 0 Å². The first-order valence-corrected chi connectivity index (χ1v) is 9.98. The molecule has 27 heavy (non-hydrogen) atoms. The molecule has 0 saturated heterocycles. The van der Waals surface area contributed by atoms with E-state index in [9.17, 15) is 17.6 Å². The second-order valence-electron chi connectivity index (χ2n) is 6.54. The van der Waals surface area contributed by atoms with E-state index in [1.54, 1.807) is 19.1 Å². The van der Waals surface area contributed by atoms with Gasteiger partial charge in [0.2, 0.25) is 5.91 Å².